The molecule has 0 radical (unpaired) electrons. The molecule has 0 aromatic heterocycles. The van der Waals surface area contributed by atoms with Gasteiger partial charge in [-0.15, -0.1) is 0 Å². The Bertz CT molecular complexity index is 698. The molecule has 2 rings (SSSR count). The second-order valence-electron chi connectivity index (χ2n) is 8.58. The summed E-state index contributed by atoms with van der Waals surface area (Å²) in [5.74, 6) is -1.50. The molecule has 4 unspecified atom stereocenters. The van der Waals surface area contributed by atoms with Crippen LogP contribution in [0.4, 0.5) is 0 Å². The van der Waals surface area contributed by atoms with Gasteiger partial charge in [0.05, 0.1) is 13.0 Å². The van der Waals surface area contributed by atoms with Crippen LogP contribution in [0, 0.1) is 0 Å². The van der Waals surface area contributed by atoms with E-state index in [2.05, 4.69) is 5.32 Å². The van der Waals surface area contributed by atoms with Crippen molar-refractivity contribution in [2.24, 2.45) is 0 Å². The third-order valence-corrected chi connectivity index (χ3v) is 6.46. The van der Waals surface area contributed by atoms with Crippen LogP contribution in [0.25, 0.3) is 0 Å². The van der Waals surface area contributed by atoms with E-state index < -0.39 is 73.3 Å². The van der Waals surface area contributed by atoms with Crippen LogP contribution in [0.2, 0.25) is 0 Å². The van der Waals surface area contributed by atoms with Gasteiger partial charge in [0, 0.05) is 62.7 Å². The van der Waals surface area contributed by atoms with Crippen LogP contribution in [0.1, 0.15) is 12.8 Å². The molecule has 2 N–H and O–H groups in total. The summed E-state index contributed by atoms with van der Waals surface area (Å²) in [4.78, 5) is 22.9. The minimum Gasteiger partial charge on any atom is -0.481 e. The quantitative estimate of drug-likeness (QED) is 0.266. The van der Waals surface area contributed by atoms with Crippen molar-refractivity contribution >= 4 is 11.9 Å². The highest BCUT2D eigenvalue weighted by Gasteiger charge is 2.53. The highest BCUT2D eigenvalue weighted by Crippen LogP contribution is 2.33. The van der Waals surface area contributed by atoms with E-state index in [1.165, 1.54) is 49.8 Å². The number of carbonyl (C=O) groups excluding carboxylic acids is 1. The Morgan fingerprint density at radius 2 is 1.22 bits per heavy atom. The topological polar surface area (TPSA) is 159 Å². The fourth-order valence-electron chi connectivity index (χ4n) is 4.68. The minimum absolute atomic E-state index is 0.0237. The van der Waals surface area contributed by atoms with Crippen LogP contribution in [-0.2, 0) is 57.0 Å². The Morgan fingerprint density at radius 1 is 0.676 bits per heavy atom. The maximum absolute atomic E-state index is 12.1. The molecule has 14 heteroatoms. The molecule has 0 aliphatic carbocycles. The van der Waals surface area contributed by atoms with Crippen molar-refractivity contribution in [2.75, 3.05) is 62.9 Å². The average Bonchev–Trinajstić information content (AvgIpc) is 2.90. The SMILES string of the molecule is COCC1O[C@@H](OC)C(OC)[C@@H](OC)[C@@H]1O[C@@H]1OC(CNC(=O)CCC(=O)O)[C@@H](OC)[C@H](OC)C1OC. The summed E-state index contributed by atoms with van der Waals surface area (Å²) in [6, 6.07) is 0. The Hall–Kier alpha value is -1.46. The predicted octanol–water partition coefficient (Wildman–Crippen LogP) is -0.830. The molecule has 0 aromatic carbocycles. The molecule has 2 aliphatic rings. The van der Waals surface area contributed by atoms with E-state index in [-0.39, 0.29) is 26.0 Å². The molecular weight excluding hydrogens is 498 g/mol. The summed E-state index contributed by atoms with van der Waals surface area (Å²) >= 11 is 0. The lowest BCUT2D eigenvalue weighted by Gasteiger charge is -2.49. The first kappa shape index (κ1) is 31.8. The van der Waals surface area contributed by atoms with Gasteiger partial charge >= 0.3 is 5.97 Å². The molecule has 2 heterocycles. The van der Waals surface area contributed by atoms with Gasteiger partial charge in [-0.25, -0.2) is 0 Å². The third kappa shape index (κ3) is 8.02. The molecule has 14 nitrogen and oxygen atoms in total. The monoisotopic (exact) mass is 539 g/mol. The standard InChI is InChI=1S/C23H41NO13/c1-28-11-13-17(19(31-4)20(32-5)22(34-7)36-13)37-23-21(33-6)18(30-3)16(29-2)12(35-23)10-24-14(25)8-9-15(26)27/h12-13,16-23H,8-11H2,1-7H3,(H,24,25)(H,26,27)/t12?,13?,16-,17-,18+,19+,20?,21?,22-,23+/m1/s1. The van der Waals surface area contributed by atoms with Gasteiger partial charge in [0.15, 0.2) is 12.6 Å². The maximum Gasteiger partial charge on any atom is 0.303 e. The van der Waals surface area contributed by atoms with Crippen LogP contribution in [0.5, 0.6) is 0 Å². The molecule has 37 heavy (non-hydrogen) atoms. The van der Waals surface area contributed by atoms with Gasteiger partial charge in [-0.1, -0.05) is 0 Å². The van der Waals surface area contributed by atoms with E-state index in [9.17, 15) is 9.59 Å². The van der Waals surface area contributed by atoms with Crippen LogP contribution >= 0.6 is 0 Å². The molecule has 2 aliphatic heterocycles. The van der Waals surface area contributed by atoms with E-state index >= 15 is 0 Å². The first-order valence-electron chi connectivity index (χ1n) is 11.9. The molecule has 2 saturated heterocycles. The Labute approximate surface area is 217 Å². The molecule has 0 spiro atoms. The van der Waals surface area contributed by atoms with E-state index in [1.807, 2.05) is 0 Å². The van der Waals surface area contributed by atoms with E-state index in [0.717, 1.165) is 0 Å². The number of ether oxygens (including phenoxy) is 10. The van der Waals surface area contributed by atoms with Crippen molar-refractivity contribution in [1.82, 2.24) is 5.32 Å². The molecule has 216 valence electrons. The number of methoxy groups -OCH3 is 7. The second kappa shape index (κ2) is 15.8. The summed E-state index contributed by atoms with van der Waals surface area (Å²) in [6.45, 7) is 0.193. The van der Waals surface area contributed by atoms with Gasteiger partial charge in [0.25, 0.3) is 0 Å². The average molecular weight is 540 g/mol. The largest absolute Gasteiger partial charge is 0.481 e. The molecule has 10 atom stereocenters. The fourth-order valence-corrected chi connectivity index (χ4v) is 4.68. The molecule has 0 saturated carbocycles. The van der Waals surface area contributed by atoms with Gasteiger partial charge in [-0.3, -0.25) is 9.59 Å². The fraction of sp³-hybridized carbons (Fsp3) is 0.913. The first-order valence-corrected chi connectivity index (χ1v) is 11.9. The van der Waals surface area contributed by atoms with Gasteiger partial charge in [0.1, 0.15) is 48.8 Å². The lowest BCUT2D eigenvalue weighted by atomic mass is 9.96. The number of amides is 1. The zero-order valence-corrected chi connectivity index (χ0v) is 22.4. The molecule has 2 fully saturated rings. The summed E-state index contributed by atoms with van der Waals surface area (Å²) in [6.07, 6.45) is -7.45. The number of carboxylic acid groups (broad SMARTS) is 1. The highest BCUT2D eigenvalue weighted by molar-refractivity contribution is 5.80. The summed E-state index contributed by atoms with van der Waals surface area (Å²) < 4.78 is 57.9. The van der Waals surface area contributed by atoms with Gasteiger partial charge in [-0.2, -0.15) is 0 Å². The van der Waals surface area contributed by atoms with Gasteiger partial charge < -0.3 is 57.8 Å². The van der Waals surface area contributed by atoms with Gasteiger partial charge in [0.2, 0.25) is 5.91 Å². The lowest BCUT2D eigenvalue weighted by Crippen LogP contribution is -2.66. The van der Waals surface area contributed by atoms with Crippen LogP contribution in [-0.4, -0.2) is 141 Å². The number of hydrogen-bond acceptors (Lipinski definition) is 12. The van der Waals surface area contributed by atoms with Crippen molar-refractivity contribution in [2.45, 2.75) is 74.3 Å². The van der Waals surface area contributed by atoms with Crippen LogP contribution in [0.15, 0.2) is 0 Å². The minimum atomic E-state index is -1.06. The van der Waals surface area contributed by atoms with Crippen molar-refractivity contribution in [3.8, 4) is 0 Å². The Balaban J connectivity index is 2.28. The molecular formula is C23H41NO13. The normalized spacial score (nSPS) is 36.3. The number of hydrogen-bond donors (Lipinski definition) is 2. The van der Waals surface area contributed by atoms with E-state index in [0.29, 0.717) is 0 Å². The summed E-state index contributed by atoms with van der Waals surface area (Å²) in [7, 11) is 10.6. The number of carboxylic acids is 1. The lowest BCUT2D eigenvalue weighted by molar-refractivity contribution is -0.363. The summed E-state index contributed by atoms with van der Waals surface area (Å²) in [5, 5.41) is 11.5. The highest BCUT2D eigenvalue weighted by atomic mass is 16.8. The third-order valence-electron chi connectivity index (χ3n) is 6.46. The second-order valence-corrected chi connectivity index (χ2v) is 8.58. The van der Waals surface area contributed by atoms with Crippen molar-refractivity contribution in [3.05, 3.63) is 0 Å². The number of rotatable bonds is 15. The smallest absolute Gasteiger partial charge is 0.303 e. The van der Waals surface area contributed by atoms with Crippen molar-refractivity contribution < 1.29 is 62.1 Å². The van der Waals surface area contributed by atoms with Crippen LogP contribution in [0.3, 0.4) is 0 Å². The predicted molar refractivity (Wildman–Crippen MR) is 125 cm³/mol. The molecule has 0 bridgehead atoms. The van der Waals surface area contributed by atoms with Gasteiger partial charge in [-0.05, 0) is 0 Å². The molecule has 0 aromatic rings. The number of aliphatic carboxylic acids is 1. The Kier molecular flexibility index (Phi) is 13.6. The van der Waals surface area contributed by atoms with Crippen molar-refractivity contribution in [1.29, 1.82) is 0 Å². The van der Waals surface area contributed by atoms with E-state index in [1.54, 1.807) is 0 Å². The summed E-state index contributed by atoms with van der Waals surface area (Å²) in [5.41, 5.74) is 0. The van der Waals surface area contributed by atoms with Crippen molar-refractivity contribution in [3.63, 3.8) is 0 Å². The Morgan fingerprint density at radius 3 is 1.73 bits per heavy atom. The first-order chi connectivity index (χ1) is 17.8. The number of nitrogens with one attached hydrogen (secondary N) is 1. The van der Waals surface area contributed by atoms with E-state index in [4.69, 9.17) is 52.5 Å². The molecule has 1 amide bonds. The number of carbonyl (C=O) groups is 2. The van der Waals surface area contributed by atoms with Crippen LogP contribution < -0.4 is 5.32 Å². The maximum atomic E-state index is 12.1. The zero-order chi connectivity index (χ0) is 27.5. The zero-order valence-electron chi connectivity index (χ0n) is 22.4.